The number of carbonyl (C=O) groups is 5. The first-order valence-corrected chi connectivity index (χ1v) is 27.4. The van der Waals surface area contributed by atoms with E-state index in [-0.39, 0.29) is 81.8 Å². The molecule has 0 amide bonds. The van der Waals surface area contributed by atoms with Gasteiger partial charge in [0.2, 0.25) is 0 Å². The van der Waals surface area contributed by atoms with E-state index < -0.39 is 22.3 Å². The molecular weight excluding hydrogens is 889 g/mol. The van der Waals surface area contributed by atoms with Crippen molar-refractivity contribution in [2.75, 3.05) is 0 Å². The molecule has 16 atom stereocenters. The molecule has 0 spiro atoms. The molecule has 0 bridgehead atoms. The molecule has 398 valence electrons. The van der Waals surface area contributed by atoms with Crippen LogP contribution in [0.4, 0.5) is 0 Å². The van der Waals surface area contributed by atoms with Gasteiger partial charge in [-0.05, 0) is 197 Å². The van der Waals surface area contributed by atoms with Crippen LogP contribution in [0.15, 0.2) is 47.1 Å². The highest BCUT2D eigenvalue weighted by Crippen LogP contribution is 2.69. The lowest BCUT2D eigenvalue weighted by Gasteiger charge is -2.63. The number of rotatable bonds is 4. The summed E-state index contributed by atoms with van der Waals surface area (Å²) in [6, 6.07) is 0. The molecule has 0 aromatic rings. The van der Waals surface area contributed by atoms with Gasteiger partial charge in [-0.2, -0.15) is 0 Å². The number of Topliss-reactive ketones (excluding diaryl/α,β-unsaturated/α-hetero) is 1. The highest BCUT2D eigenvalue weighted by molar-refractivity contribution is 6.00. The maximum Gasteiger partial charge on any atom is 0.150 e. The van der Waals surface area contributed by atoms with Crippen molar-refractivity contribution >= 4 is 30.9 Å². The molecule has 9 aliphatic carbocycles. The Labute approximate surface area is 428 Å². The number of fused-ring (bicyclic) bond motifs is 9. The lowest BCUT2D eigenvalue weighted by atomic mass is 9.41. The molecule has 9 rings (SSSR count). The van der Waals surface area contributed by atoms with Crippen molar-refractivity contribution in [3.63, 3.8) is 0 Å². The Morgan fingerprint density at radius 3 is 1.37 bits per heavy atom. The maximum atomic E-state index is 12.9. The summed E-state index contributed by atoms with van der Waals surface area (Å²) in [5, 5.41) is 42.5. The average molecular weight is 985 g/mol. The first-order chi connectivity index (χ1) is 32.6. The Bertz CT molecular complexity index is 2160. The molecule has 0 aromatic heterocycles. The van der Waals surface area contributed by atoms with Crippen molar-refractivity contribution in [1.82, 2.24) is 0 Å². The second-order valence-electron chi connectivity index (χ2n) is 27.4. The van der Waals surface area contributed by atoms with Crippen LogP contribution in [0.1, 0.15) is 199 Å². The Balaban J connectivity index is 0.000000173. The summed E-state index contributed by atoms with van der Waals surface area (Å²) in [5.41, 5.74) is 1.52. The van der Waals surface area contributed by atoms with Crippen LogP contribution in [0.3, 0.4) is 0 Å². The number of aliphatic hydroxyl groups is 4. The number of carbonyl (C=O) groups excluding carboxylic acids is 5. The van der Waals surface area contributed by atoms with Crippen LogP contribution in [0.25, 0.3) is 0 Å². The van der Waals surface area contributed by atoms with Crippen molar-refractivity contribution in [3.8, 4) is 0 Å². The lowest BCUT2D eigenvalue weighted by molar-refractivity contribution is -0.190. The van der Waals surface area contributed by atoms with Gasteiger partial charge in [0.1, 0.15) is 30.9 Å². The molecule has 9 aliphatic rings. The van der Waals surface area contributed by atoms with Gasteiger partial charge < -0.3 is 34.8 Å². The number of hydrogen-bond acceptors (Lipinski definition) is 9. The Morgan fingerprint density at radius 1 is 0.493 bits per heavy atom. The first kappa shape index (κ1) is 57.4. The van der Waals surface area contributed by atoms with E-state index in [1.807, 2.05) is 13.0 Å². The zero-order valence-electron chi connectivity index (χ0n) is 45.1. The third-order valence-corrected chi connectivity index (χ3v) is 23.3. The van der Waals surface area contributed by atoms with Gasteiger partial charge in [0.05, 0.1) is 40.7 Å². The minimum atomic E-state index is -0.808. The van der Waals surface area contributed by atoms with Gasteiger partial charge in [-0.1, -0.05) is 111 Å². The number of aldehydes is 4. The van der Waals surface area contributed by atoms with E-state index in [2.05, 4.69) is 88.0 Å². The zero-order chi connectivity index (χ0) is 51.8. The average Bonchev–Trinajstić information content (AvgIpc) is 3.61. The minimum Gasteiger partial charge on any atom is -0.393 e. The molecule has 6 saturated carbocycles. The van der Waals surface area contributed by atoms with Gasteiger partial charge in [0, 0.05) is 6.42 Å². The third kappa shape index (κ3) is 8.88. The molecule has 71 heavy (non-hydrogen) atoms. The zero-order valence-corrected chi connectivity index (χ0v) is 45.1. The summed E-state index contributed by atoms with van der Waals surface area (Å²) in [7, 11) is 0. The van der Waals surface area contributed by atoms with E-state index in [1.54, 1.807) is 0 Å². The number of allylic oxidation sites excluding steroid dienone is 6. The summed E-state index contributed by atoms with van der Waals surface area (Å²) in [6.45, 7) is 28.2. The van der Waals surface area contributed by atoms with Gasteiger partial charge in [-0.25, -0.2) is 0 Å². The summed E-state index contributed by atoms with van der Waals surface area (Å²) >= 11 is 0. The van der Waals surface area contributed by atoms with Crippen LogP contribution in [-0.2, 0) is 24.0 Å². The topological polar surface area (TPSA) is 166 Å². The van der Waals surface area contributed by atoms with Gasteiger partial charge in [-0.15, -0.1) is 0 Å². The third-order valence-electron chi connectivity index (χ3n) is 23.3. The van der Waals surface area contributed by atoms with Gasteiger partial charge in [0.15, 0.2) is 0 Å². The minimum absolute atomic E-state index is 0. The molecule has 0 aromatic carbocycles. The van der Waals surface area contributed by atoms with Crippen LogP contribution in [0.5, 0.6) is 0 Å². The van der Waals surface area contributed by atoms with Gasteiger partial charge in [0.25, 0.3) is 0 Å². The molecular formula is C62H96O9. The van der Waals surface area contributed by atoms with E-state index in [0.717, 1.165) is 132 Å². The molecule has 6 fully saturated rings. The monoisotopic (exact) mass is 985 g/mol. The predicted octanol–water partition coefficient (Wildman–Crippen LogP) is 11.7. The van der Waals surface area contributed by atoms with Crippen molar-refractivity contribution in [2.45, 2.75) is 224 Å². The summed E-state index contributed by atoms with van der Waals surface area (Å²) in [5.74, 6) is 1.66. The predicted molar refractivity (Wildman–Crippen MR) is 282 cm³/mol. The maximum absolute atomic E-state index is 12.9. The smallest absolute Gasteiger partial charge is 0.150 e. The molecule has 0 saturated heterocycles. The quantitative estimate of drug-likeness (QED) is 0.122. The summed E-state index contributed by atoms with van der Waals surface area (Å²) < 4.78 is 0. The fourth-order valence-electron chi connectivity index (χ4n) is 18.9. The molecule has 0 radical (unpaired) electrons. The van der Waals surface area contributed by atoms with Crippen LogP contribution < -0.4 is 0 Å². The van der Waals surface area contributed by atoms with E-state index >= 15 is 0 Å². The first-order valence-electron chi connectivity index (χ1n) is 27.4. The van der Waals surface area contributed by atoms with Crippen LogP contribution in [0, 0.1) is 84.2 Å². The molecule has 0 aliphatic heterocycles. The van der Waals surface area contributed by atoms with Crippen molar-refractivity contribution in [1.29, 1.82) is 0 Å². The van der Waals surface area contributed by atoms with Gasteiger partial charge >= 0.3 is 0 Å². The highest BCUT2D eigenvalue weighted by Gasteiger charge is 2.66. The summed E-state index contributed by atoms with van der Waals surface area (Å²) in [6.07, 6.45) is 23.2. The SMILES string of the molecule is C.C=C1CC(C=O)=CCC2C1(C=O)CCC1C(C)(C)C(O)CCC21C.CC1=CCC2C(C=O)(CCC3C(C)(C)C(O)CCC23C)C(=O)C1.CC1=CCC2C3(C)CCC(O)C(C)(C)C3CCC2(C=O)C(O)C1. The van der Waals surface area contributed by atoms with Crippen LogP contribution >= 0.6 is 0 Å². The van der Waals surface area contributed by atoms with E-state index in [1.165, 1.54) is 5.57 Å². The second-order valence-corrected chi connectivity index (χ2v) is 27.4. The Morgan fingerprint density at radius 2 is 0.901 bits per heavy atom. The largest absolute Gasteiger partial charge is 0.393 e. The van der Waals surface area contributed by atoms with E-state index in [0.29, 0.717) is 43.4 Å². The molecule has 9 heteroatoms. The second kappa shape index (κ2) is 20.0. The molecule has 9 nitrogen and oxygen atoms in total. The highest BCUT2D eigenvalue weighted by atomic mass is 16.3. The van der Waals surface area contributed by atoms with Crippen molar-refractivity contribution < 1.29 is 44.4 Å². The Hall–Kier alpha value is -2.85. The number of ketones is 1. The van der Waals surface area contributed by atoms with Crippen molar-refractivity contribution in [2.24, 2.45) is 84.2 Å². The van der Waals surface area contributed by atoms with Crippen molar-refractivity contribution in [3.05, 3.63) is 47.1 Å². The molecule has 4 N–H and O–H groups in total. The normalized spacial score (nSPS) is 46.0. The molecule has 16 unspecified atom stereocenters. The molecule has 0 heterocycles. The fraction of sp³-hybridized carbons (Fsp3) is 0.790. The van der Waals surface area contributed by atoms with Crippen LogP contribution in [0.2, 0.25) is 0 Å². The van der Waals surface area contributed by atoms with E-state index in [4.69, 9.17) is 0 Å². The number of aliphatic hydroxyl groups excluding tert-OH is 4. The lowest BCUT2D eigenvalue weighted by Crippen LogP contribution is -2.61. The summed E-state index contributed by atoms with van der Waals surface area (Å²) in [4.78, 5) is 60.9. The van der Waals surface area contributed by atoms with Crippen LogP contribution in [-0.4, -0.2) is 75.8 Å². The van der Waals surface area contributed by atoms with Gasteiger partial charge in [-0.3, -0.25) is 9.59 Å². The number of hydrogen-bond donors (Lipinski definition) is 4. The van der Waals surface area contributed by atoms with E-state index in [9.17, 15) is 44.4 Å². The fourth-order valence-corrected chi connectivity index (χ4v) is 18.9. The Kier molecular flexibility index (Phi) is 16.2. The standard InChI is InChI=1S/C21H30O3.C20H32O3.C20H30O3.CH4/c1-14-11-15(12-22)5-6-17-20(4)9-8-18(24)19(2,3)16(20)7-10-21(14,17)13-23;2*1-13-5-6-15-19(4)9-8-16(22)18(2,3)14(19)7-10-20(15,12-21)17(23)11-13;/h5,12-13,16-18,24H,1,6-11H2,2-4H3;5,12,14-17,22-23H,6-11H2,1-4H3;5,12,14-16,22H,6-11H2,1-4H3;1H4.